The monoisotopic (exact) mass is 285 g/mol. The molecule has 0 spiro atoms. The first kappa shape index (κ1) is 14.8. The van der Waals surface area contributed by atoms with Crippen molar-refractivity contribution < 1.29 is 8.42 Å². The third kappa shape index (κ3) is 3.10. The van der Waals surface area contributed by atoms with Crippen LogP contribution < -0.4 is 5.32 Å². The van der Waals surface area contributed by atoms with Crippen molar-refractivity contribution in [3.63, 3.8) is 0 Å². The lowest BCUT2D eigenvalue weighted by atomic mass is 9.91. The predicted octanol–water partition coefficient (Wildman–Crippen LogP) is 1.08. The Morgan fingerprint density at radius 1 is 1.42 bits per heavy atom. The van der Waals surface area contributed by atoms with Crippen molar-refractivity contribution in [2.45, 2.75) is 50.3 Å². The first-order valence-corrected chi connectivity index (χ1v) is 8.72. The van der Waals surface area contributed by atoms with Crippen molar-refractivity contribution >= 4 is 10.0 Å². The Bertz CT molecular complexity index is 437. The molecule has 0 saturated carbocycles. The van der Waals surface area contributed by atoms with Crippen molar-refractivity contribution in [3.8, 4) is 6.07 Å². The Morgan fingerprint density at radius 2 is 2.21 bits per heavy atom. The van der Waals surface area contributed by atoms with Gasteiger partial charge in [0, 0.05) is 19.1 Å². The van der Waals surface area contributed by atoms with Gasteiger partial charge in [0.15, 0.2) is 5.25 Å². The Morgan fingerprint density at radius 3 is 2.79 bits per heavy atom. The predicted molar refractivity (Wildman–Crippen MR) is 73.9 cm³/mol. The van der Waals surface area contributed by atoms with E-state index < -0.39 is 15.3 Å². The van der Waals surface area contributed by atoms with Crippen LogP contribution >= 0.6 is 0 Å². The minimum absolute atomic E-state index is 0.363. The van der Waals surface area contributed by atoms with E-state index in [0.29, 0.717) is 31.5 Å². The van der Waals surface area contributed by atoms with Crippen LogP contribution in [0.3, 0.4) is 0 Å². The largest absolute Gasteiger partial charge is 0.314 e. The summed E-state index contributed by atoms with van der Waals surface area (Å²) in [5, 5.41) is 11.6. The van der Waals surface area contributed by atoms with Crippen LogP contribution in [0, 0.1) is 17.2 Å². The number of hydrogen-bond acceptors (Lipinski definition) is 4. The fraction of sp³-hybridized carbons (Fsp3) is 0.923. The molecule has 0 aromatic rings. The number of piperidine rings is 1. The average Bonchev–Trinajstić information content (AvgIpc) is 2.94. The SMILES string of the molecule is CCC(C#N)S(=O)(=O)N1CCCC(C2CCCN2)C1. The van der Waals surface area contributed by atoms with Crippen LogP contribution in [0.25, 0.3) is 0 Å². The maximum absolute atomic E-state index is 12.4. The van der Waals surface area contributed by atoms with Crippen LogP contribution in [0.4, 0.5) is 0 Å². The molecule has 3 unspecified atom stereocenters. The molecular formula is C13H23N3O2S. The van der Waals surface area contributed by atoms with Crippen LogP contribution in [0.5, 0.6) is 0 Å². The van der Waals surface area contributed by atoms with Gasteiger partial charge in [-0.2, -0.15) is 5.26 Å². The summed E-state index contributed by atoms with van der Waals surface area (Å²) >= 11 is 0. The topological polar surface area (TPSA) is 73.2 Å². The van der Waals surface area contributed by atoms with Gasteiger partial charge in [0.1, 0.15) is 0 Å². The van der Waals surface area contributed by atoms with E-state index in [1.807, 2.05) is 6.07 Å². The Balaban J connectivity index is 2.06. The highest BCUT2D eigenvalue weighted by molar-refractivity contribution is 7.90. The van der Waals surface area contributed by atoms with Crippen molar-refractivity contribution in [2.24, 2.45) is 5.92 Å². The summed E-state index contributed by atoms with van der Waals surface area (Å²) in [5.74, 6) is 0.405. The van der Waals surface area contributed by atoms with Gasteiger partial charge < -0.3 is 5.32 Å². The maximum Gasteiger partial charge on any atom is 0.230 e. The average molecular weight is 285 g/mol. The van der Waals surface area contributed by atoms with E-state index in [1.54, 1.807) is 11.2 Å². The highest BCUT2D eigenvalue weighted by Crippen LogP contribution is 2.27. The molecule has 6 heteroatoms. The van der Waals surface area contributed by atoms with E-state index in [-0.39, 0.29) is 0 Å². The minimum Gasteiger partial charge on any atom is -0.314 e. The molecule has 5 nitrogen and oxygen atoms in total. The smallest absolute Gasteiger partial charge is 0.230 e. The van der Waals surface area contributed by atoms with Gasteiger partial charge in [-0.05, 0) is 44.6 Å². The second-order valence-corrected chi connectivity index (χ2v) is 7.65. The molecule has 2 fully saturated rings. The molecule has 2 heterocycles. The van der Waals surface area contributed by atoms with Crippen LogP contribution in [0.15, 0.2) is 0 Å². The summed E-state index contributed by atoms with van der Waals surface area (Å²) in [6.07, 6.45) is 4.69. The molecule has 0 aromatic heterocycles. The van der Waals surface area contributed by atoms with Crippen LogP contribution in [-0.2, 0) is 10.0 Å². The molecule has 0 aromatic carbocycles. The zero-order valence-electron chi connectivity index (χ0n) is 11.5. The molecule has 2 aliphatic rings. The first-order valence-electron chi connectivity index (χ1n) is 7.21. The molecular weight excluding hydrogens is 262 g/mol. The summed E-state index contributed by atoms with van der Waals surface area (Å²) in [7, 11) is -3.44. The van der Waals surface area contributed by atoms with Gasteiger partial charge in [0.2, 0.25) is 10.0 Å². The molecule has 3 atom stereocenters. The second-order valence-electron chi connectivity index (χ2n) is 5.53. The lowest BCUT2D eigenvalue weighted by molar-refractivity contribution is 0.225. The van der Waals surface area contributed by atoms with E-state index in [9.17, 15) is 8.42 Å². The fourth-order valence-corrected chi connectivity index (χ4v) is 4.89. The molecule has 108 valence electrons. The third-order valence-corrected chi connectivity index (χ3v) is 6.53. The van der Waals surface area contributed by atoms with Gasteiger partial charge >= 0.3 is 0 Å². The van der Waals surface area contributed by atoms with E-state index >= 15 is 0 Å². The molecule has 2 rings (SSSR count). The molecule has 2 aliphatic heterocycles. The lowest BCUT2D eigenvalue weighted by Gasteiger charge is -2.35. The minimum atomic E-state index is -3.44. The number of hydrogen-bond donors (Lipinski definition) is 1. The van der Waals surface area contributed by atoms with Gasteiger partial charge in [-0.25, -0.2) is 12.7 Å². The zero-order valence-corrected chi connectivity index (χ0v) is 12.3. The molecule has 2 saturated heterocycles. The molecule has 0 amide bonds. The highest BCUT2D eigenvalue weighted by Gasteiger charge is 2.37. The number of nitriles is 1. The highest BCUT2D eigenvalue weighted by atomic mass is 32.2. The molecule has 0 radical (unpaired) electrons. The van der Waals surface area contributed by atoms with Gasteiger partial charge in [0.25, 0.3) is 0 Å². The Kier molecular flexibility index (Phi) is 4.82. The maximum atomic E-state index is 12.4. The number of sulfonamides is 1. The van der Waals surface area contributed by atoms with Gasteiger partial charge in [-0.3, -0.25) is 0 Å². The fourth-order valence-electron chi connectivity index (χ4n) is 3.20. The summed E-state index contributed by atoms with van der Waals surface area (Å²) in [4.78, 5) is 0. The summed E-state index contributed by atoms with van der Waals surface area (Å²) in [6.45, 7) is 3.96. The van der Waals surface area contributed by atoms with Crippen LogP contribution in [-0.4, -0.2) is 43.6 Å². The van der Waals surface area contributed by atoms with Crippen molar-refractivity contribution in [1.82, 2.24) is 9.62 Å². The first-order chi connectivity index (χ1) is 9.09. The Labute approximate surface area is 116 Å². The summed E-state index contributed by atoms with van der Waals surface area (Å²) in [5.41, 5.74) is 0. The van der Waals surface area contributed by atoms with Crippen molar-refractivity contribution in [1.29, 1.82) is 5.26 Å². The number of rotatable bonds is 4. The molecule has 1 N–H and O–H groups in total. The van der Waals surface area contributed by atoms with Crippen LogP contribution in [0.2, 0.25) is 0 Å². The van der Waals surface area contributed by atoms with E-state index in [1.165, 1.54) is 6.42 Å². The summed E-state index contributed by atoms with van der Waals surface area (Å²) in [6, 6.07) is 2.39. The van der Waals surface area contributed by atoms with Gasteiger partial charge in [-0.1, -0.05) is 6.92 Å². The lowest BCUT2D eigenvalue weighted by Crippen LogP contribution is -2.48. The van der Waals surface area contributed by atoms with Gasteiger partial charge in [0.05, 0.1) is 6.07 Å². The third-order valence-electron chi connectivity index (χ3n) is 4.32. The van der Waals surface area contributed by atoms with Crippen molar-refractivity contribution in [2.75, 3.05) is 19.6 Å². The quantitative estimate of drug-likeness (QED) is 0.839. The molecule has 0 aliphatic carbocycles. The molecule has 0 bridgehead atoms. The molecule has 19 heavy (non-hydrogen) atoms. The van der Waals surface area contributed by atoms with E-state index in [4.69, 9.17) is 5.26 Å². The summed E-state index contributed by atoms with van der Waals surface area (Å²) < 4.78 is 26.3. The standard InChI is InChI=1S/C13H23N3O2S/c1-2-12(9-14)19(17,18)16-8-4-5-11(10-16)13-6-3-7-15-13/h11-13,15H,2-8,10H2,1H3. The van der Waals surface area contributed by atoms with E-state index in [0.717, 1.165) is 25.8 Å². The number of nitrogens with zero attached hydrogens (tertiary/aromatic N) is 2. The second kappa shape index (κ2) is 6.21. The normalized spacial score (nSPS) is 30.9. The van der Waals surface area contributed by atoms with Crippen LogP contribution in [0.1, 0.15) is 39.0 Å². The van der Waals surface area contributed by atoms with E-state index in [2.05, 4.69) is 5.32 Å². The number of nitrogens with one attached hydrogen (secondary N) is 1. The zero-order chi connectivity index (χ0) is 13.9. The van der Waals surface area contributed by atoms with Gasteiger partial charge in [-0.15, -0.1) is 0 Å². The Hall–Kier alpha value is -0.640. The van der Waals surface area contributed by atoms with Crippen molar-refractivity contribution in [3.05, 3.63) is 0 Å².